The summed E-state index contributed by atoms with van der Waals surface area (Å²) < 4.78 is 0. The molecule has 0 amide bonds. The van der Waals surface area contributed by atoms with Gasteiger partial charge in [0.1, 0.15) is 0 Å². The van der Waals surface area contributed by atoms with Crippen LogP contribution in [0.5, 0.6) is 0 Å². The molecular formula is C14H26Y2-2. The quantitative estimate of drug-likeness (QED) is 0.536. The number of hydrogen-bond acceptors (Lipinski definition) is 0. The summed E-state index contributed by atoms with van der Waals surface area (Å²) in [5.74, 6) is 6.00. The largest absolute Gasteiger partial charge is 0.342 e. The van der Waals surface area contributed by atoms with Crippen molar-refractivity contribution < 1.29 is 65.4 Å². The van der Waals surface area contributed by atoms with E-state index in [-0.39, 0.29) is 65.4 Å². The summed E-state index contributed by atoms with van der Waals surface area (Å²) >= 11 is 0. The molecule has 0 N–H and O–H groups in total. The van der Waals surface area contributed by atoms with E-state index in [0.717, 1.165) is 11.8 Å². The molecule has 4 bridgehead atoms. The Hall–Kier alpha value is 2.21. The summed E-state index contributed by atoms with van der Waals surface area (Å²) in [7, 11) is 0. The average Bonchev–Trinajstić information content (AvgIpc) is 2.22. The second-order valence-electron chi connectivity index (χ2n) is 4.46. The topological polar surface area (TPSA) is 0 Å². The molecule has 0 heterocycles. The SMILES string of the molecule is C1[C-]2CC3C[C-]1CC(C2)C3.CC.CC.[Y].[Y]. The maximum absolute atomic E-state index is 2.00. The Balaban J connectivity index is 0. The minimum atomic E-state index is 0. The van der Waals surface area contributed by atoms with Gasteiger partial charge in [0.15, 0.2) is 0 Å². The van der Waals surface area contributed by atoms with Crippen LogP contribution in [0.4, 0.5) is 0 Å². The summed E-state index contributed by atoms with van der Waals surface area (Å²) in [5.41, 5.74) is 0. The summed E-state index contributed by atoms with van der Waals surface area (Å²) in [5, 5.41) is 0. The van der Waals surface area contributed by atoms with Crippen LogP contribution in [0, 0.1) is 23.7 Å². The van der Waals surface area contributed by atoms with Gasteiger partial charge < -0.3 is 18.3 Å². The second-order valence-corrected chi connectivity index (χ2v) is 4.46. The molecule has 0 spiro atoms. The normalized spacial score (nSPS) is 30.0. The Morgan fingerprint density at radius 1 is 0.688 bits per heavy atom. The predicted molar refractivity (Wildman–Crippen MR) is 63.9 cm³/mol. The van der Waals surface area contributed by atoms with Crippen molar-refractivity contribution in [2.24, 2.45) is 11.8 Å². The Morgan fingerprint density at radius 3 is 1.25 bits per heavy atom. The molecule has 4 saturated carbocycles. The van der Waals surface area contributed by atoms with Crippen LogP contribution < -0.4 is 0 Å². The molecule has 2 heteroatoms. The number of rotatable bonds is 0. The molecule has 0 aliphatic heterocycles. The zero-order valence-electron chi connectivity index (χ0n) is 11.6. The van der Waals surface area contributed by atoms with Crippen molar-refractivity contribution in [2.45, 2.75) is 66.2 Å². The van der Waals surface area contributed by atoms with Gasteiger partial charge in [0.2, 0.25) is 0 Å². The fourth-order valence-corrected chi connectivity index (χ4v) is 3.39. The second kappa shape index (κ2) is 11.1. The summed E-state index contributed by atoms with van der Waals surface area (Å²) in [6.07, 6.45) is 9.00. The molecule has 4 aliphatic rings. The Kier molecular flexibility index (Phi) is 14.2. The van der Waals surface area contributed by atoms with Crippen LogP contribution in [0.3, 0.4) is 0 Å². The third-order valence-corrected chi connectivity index (χ3v) is 3.48. The van der Waals surface area contributed by atoms with Crippen LogP contribution in [0.15, 0.2) is 0 Å². The minimum absolute atomic E-state index is 0. The van der Waals surface area contributed by atoms with Gasteiger partial charge in [-0.05, 0) is 0 Å². The Labute approximate surface area is 153 Å². The first-order valence-electron chi connectivity index (χ1n) is 6.57. The van der Waals surface area contributed by atoms with Crippen molar-refractivity contribution in [3.63, 3.8) is 0 Å². The smallest absolute Gasteiger partial charge is 0 e. The summed E-state index contributed by atoms with van der Waals surface area (Å²) in [6.45, 7) is 8.00. The van der Waals surface area contributed by atoms with Crippen molar-refractivity contribution in [3.05, 3.63) is 11.8 Å². The van der Waals surface area contributed by atoms with Gasteiger partial charge in [-0.2, -0.15) is 25.7 Å². The van der Waals surface area contributed by atoms with E-state index in [1.54, 1.807) is 6.42 Å². The molecule has 2 radical (unpaired) electrons. The first kappa shape index (κ1) is 20.5. The average molecular weight is 372 g/mol. The van der Waals surface area contributed by atoms with Crippen LogP contribution in [0.1, 0.15) is 66.2 Å². The Bertz CT molecular complexity index is 100. The van der Waals surface area contributed by atoms with Crippen LogP contribution in [-0.2, 0) is 65.4 Å². The third kappa shape index (κ3) is 5.46. The molecule has 90 valence electrons. The molecule has 4 aliphatic carbocycles. The van der Waals surface area contributed by atoms with Gasteiger partial charge in [0.05, 0.1) is 0 Å². The molecule has 0 aromatic rings. The van der Waals surface area contributed by atoms with Crippen molar-refractivity contribution in [3.8, 4) is 0 Å². The van der Waals surface area contributed by atoms with E-state index in [2.05, 4.69) is 0 Å². The first-order valence-corrected chi connectivity index (χ1v) is 6.57. The first-order chi connectivity index (χ1) is 6.90. The van der Waals surface area contributed by atoms with Gasteiger partial charge in [0.25, 0.3) is 0 Å². The van der Waals surface area contributed by atoms with Gasteiger partial charge >= 0.3 is 0 Å². The maximum atomic E-state index is 2.00. The van der Waals surface area contributed by atoms with Gasteiger partial charge in [-0.3, -0.25) is 0 Å². The van der Waals surface area contributed by atoms with Crippen molar-refractivity contribution in [1.29, 1.82) is 0 Å². The third-order valence-electron chi connectivity index (χ3n) is 3.48. The van der Waals surface area contributed by atoms with E-state index in [1.165, 1.54) is 32.1 Å². The molecule has 0 saturated heterocycles. The monoisotopic (exact) mass is 372 g/mol. The summed E-state index contributed by atoms with van der Waals surface area (Å²) in [4.78, 5) is 0. The minimum Gasteiger partial charge on any atom is -0.342 e. The fourth-order valence-electron chi connectivity index (χ4n) is 3.39. The molecule has 16 heavy (non-hydrogen) atoms. The van der Waals surface area contributed by atoms with E-state index in [9.17, 15) is 0 Å². The van der Waals surface area contributed by atoms with Crippen molar-refractivity contribution in [2.75, 3.05) is 0 Å². The zero-order chi connectivity index (χ0) is 10.6. The van der Waals surface area contributed by atoms with Gasteiger partial charge in [-0.25, -0.2) is 0 Å². The van der Waals surface area contributed by atoms with Crippen molar-refractivity contribution >= 4 is 0 Å². The van der Waals surface area contributed by atoms with E-state index in [4.69, 9.17) is 0 Å². The standard InChI is InChI=1S/C10H14.2C2H6.2Y/c1-7-2-9-4-8(1)5-10(3-7)6-9;2*1-2;;/h7-8H,1-6H2;2*1-2H3;;/q-2;;;;. The van der Waals surface area contributed by atoms with Gasteiger partial charge in [-0.1, -0.05) is 46.0 Å². The van der Waals surface area contributed by atoms with E-state index in [1.807, 2.05) is 39.5 Å². The Morgan fingerprint density at radius 2 is 1.00 bits per heavy atom. The number of hydrogen-bond donors (Lipinski definition) is 0. The van der Waals surface area contributed by atoms with Crippen LogP contribution in [0.2, 0.25) is 0 Å². The van der Waals surface area contributed by atoms with Crippen molar-refractivity contribution in [1.82, 2.24) is 0 Å². The molecule has 4 rings (SSSR count). The fraction of sp³-hybridized carbons (Fsp3) is 0.857. The molecule has 0 nitrogen and oxygen atoms in total. The maximum Gasteiger partial charge on any atom is 0 e. The van der Waals surface area contributed by atoms with E-state index in [0.29, 0.717) is 0 Å². The molecule has 0 aromatic heterocycles. The zero-order valence-corrected chi connectivity index (χ0v) is 17.2. The summed E-state index contributed by atoms with van der Waals surface area (Å²) in [6, 6.07) is 0. The van der Waals surface area contributed by atoms with Gasteiger partial charge in [-0.15, -0.1) is 0 Å². The molecular weight excluding hydrogens is 346 g/mol. The molecule has 0 aromatic carbocycles. The van der Waals surface area contributed by atoms with Crippen LogP contribution in [0.25, 0.3) is 0 Å². The predicted octanol–water partition coefficient (Wildman–Crippen LogP) is 4.80. The van der Waals surface area contributed by atoms with Crippen LogP contribution in [-0.4, -0.2) is 0 Å². The molecule has 4 fully saturated rings. The van der Waals surface area contributed by atoms with Gasteiger partial charge in [0, 0.05) is 65.4 Å². The van der Waals surface area contributed by atoms with E-state index < -0.39 is 0 Å². The molecule has 0 atom stereocenters. The van der Waals surface area contributed by atoms with E-state index >= 15 is 0 Å². The molecule has 0 unspecified atom stereocenters. The van der Waals surface area contributed by atoms with Crippen LogP contribution >= 0.6 is 0 Å².